The minimum atomic E-state index is -1.10. The molecule has 3 amide bonds. The van der Waals surface area contributed by atoms with Crippen LogP contribution in [0.3, 0.4) is 0 Å². The van der Waals surface area contributed by atoms with Crippen LogP contribution in [-0.4, -0.2) is 77.3 Å². The number of nitrogens with zero attached hydrogens (tertiary/aromatic N) is 1. The Morgan fingerprint density at radius 3 is 2.06 bits per heavy atom. The van der Waals surface area contributed by atoms with Gasteiger partial charge in [-0.05, 0) is 67.5 Å². The molecule has 0 bridgehead atoms. The highest BCUT2D eigenvalue weighted by Crippen LogP contribution is 2.22. The normalized spacial score (nSPS) is 14.5. The maximum atomic E-state index is 13.7. The van der Waals surface area contributed by atoms with Gasteiger partial charge < -0.3 is 31.1 Å². The van der Waals surface area contributed by atoms with E-state index in [-0.39, 0.29) is 30.3 Å². The SMILES string of the molecule is CCCC(O)C(NCC(O)C(Cc1ccccc1)NC(=O)c1cc(C)cc(C(=O)N(C)C(C)c2ccccc2)c1)C(=O)NCC(C)C. The molecule has 0 fully saturated rings. The monoisotopic (exact) mass is 644 g/mol. The van der Waals surface area contributed by atoms with Crippen molar-refractivity contribution in [3.63, 3.8) is 0 Å². The lowest BCUT2D eigenvalue weighted by Crippen LogP contribution is -2.56. The van der Waals surface area contributed by atoms with E-state index >= 15 is 0 Å². The fourth-order valence-electron chi connectivity index (χ4n) is 5.45. The van der Waals surface area contributed by atoms with E-state index in [0.29, 0.717) is 36.9 Å². The third-order valence-electron chi connectivity index (χ3n) is 8.33. The average molecular weight is 645 g/mol. The van der Waals surface area contributed by atoms with E-state index in [0.717, 1.165) is 16.7 Å². The quantitative estimate of drug-likeness (QED) is 0.148. The summed E-state index contributed by atoms with van der Waals surface area (Å²) in [6.07, 6.45) is -0.606. The summed E-state index contributed by atoms with van der Waals surface area (Å²) in [5.74, 6) is -0.738. The van der Waals surface area contributed by atoms with Crippen LogP contribution in [0.5, 0.6) is 0 Å². The van der Waals surface area contributed by atoms with E-state index in [1.54, 1.807) is 30.1 Å². The van der Waals surface area contributed by atoms with Gasteiger partial charge in [0.1, 0.15) is 6.04 Å². The van der Waals surface area contributed by atoms with Crippen LogP contribution in [0.15, 0.2) is 78.9 Å². The van der Waals surface area contributed by atoms with Crippen LogP contribution in [0.4, 0.5) is 0 Å². The van der Waals surface area contributed by atoms with Crippen molar-refractivity contribution < 1.29 is 24.6 Å². The van der Waals surface area contributed by atoms with Gasteiger partial charge in [-0.15, -0.1) is 0 Å². The zero-order valence-corrected chi connectivity index (χ0v) is 28.6. The number of aliphatic hydroxyl groups excluding tert-OH is 2. The van der Waals surface area contributed by atoms with Crippen molar-refractivity contribution >= 4 is 17.7 Å². The van der Waals surface area contributed by atoms with Crippen LogP contribution in [0.1, 0.15) is 84.0 Å². The topological polar surface area (TPSA) is 131 Å². The van der Waals surface area contributed by atoms with Gasteiger partial charge in [0.25, 0.3) is 11.8 Å². The van der Waals surface area contributed by atoms with Gasteiger partial charge in [0.2, 0.25) is 5.91 Å². The van der Waals surface area contributed by atoms with E-state index < -0.39 is 30.2 Å². The molecular weight excluding hydrogens is 592 g/mol. The maximum Gasteiger partial charge on any atom is 0.254 e. The fourth-order valence-corrected chi connectivity index (χ4v) is 5.45. The molecule has 3 aromatic carbocycles. The summed E-state index contributed by atoms with van der Waals surface area (Å²) in [7, 11) is 1.75. The van der Waals surface area contributed by atoms with E-state index in [1.165, 1.54) is 0 Å². The van der Waals surface area contributed by atoms with Crippen LogP contribution in [0.2, 0.25) is 0 Å². The van der Waals surface area contributed by atoms with E-state index in [2.05, 4.69) is 16.0 Å². The van der Waals surface area contributed by atoms with Crippen molar-refractivity contribution in [3.05, 3.63) is 107 Å². The van der Waals surface area contributed by atoms with Crippen LogP contribution >= 0.6 is 0 Å². The molecule has 9 heteroatoms. The predicted octanol–water partition coefficient (Wildman–Crippen LogP) is 4.42. The molecule has 3 rings (SSSR count). The summed E-state index contributed by atoms with van der Waals surface area (Å²) >= 11 is 0. The lowest BCUT2D eigenvalue weighted by atomic mass is 9.98. The number of hydrogen-bond acceptors (Lipinski definition) is 6. The molecule has 3 aromatic rings. The van der Waals surface area contributed by atoms with Gasteiger partial charge in [-0.25, -0.2) is 0 Å². The number of benzene rings is 3. The molecule has 0 saturated carbocycles. The van der Waals surface area contributed by atoms with Crippen molar-refractivity contribution in [2.24, 2.45) is 5.92 Å². The fraction of sp³-hybridized carbons (Fsp3) is 0.447. The molecule has 5 unspecified atom stereocenters. The number of carbonyl (C=O) groups excluding carboxylic acids is 3. The number of aryl methyl sites for hydroxylation is 1. The molecule has 0 aromatic heterocycles. The van der Waals surface area contributed by atoms with Crippen molar-refractivity contribution in [1.82, 2.24) is 20.9 Å². The molecule has 0 spiro atoms. The third kappa shape index (κ3) is 11.3. The summed E-state index contributed by atoms with van der Waals surface area (Å²) in [6, 6.07) is 22.5. The minimum absolute atomic E-state index is 0.0436. The van der Waals surface area contributed by atoms with Gasteiger partial charge in [-0.1, -0.05) is 87.9 Å². The summed E-state index contributed by atoms with van der Waals surface area (Å²) in [5.41, 5.74) is 3.36. The highest BCUT2D eigenvalue weighted by atomic mass is 16.3. The molecule has 5 N–H and O–H groups in total. The lowest BCUT2D eigenvalue weighted by molar-refractivity contribution is -0.126. The second kappa shape index (κ2) is 18.3. The number of carbonyl (C=O) groups is 3. The first-order chi connectivity index (χ1) is 22.4. The molecule has 47 heavy (non-hydrogen) atoms. The summed E-state index contributed by atoms with van der Waals surface area (Å²) in [6.45, 7) is 10.1. The standard InChI is InChI=1S/C38H52N4O5/c1-7-14-33(43)35(37(46)40-23-25(2)3)39-24-34(44)32(21-28-15-10-8-11-16-28)41-36(45)30-19-26(4)20-31(22-30)38(47)42(6)27(5)29-17-12-9-13-18-29/h8-13,15-20,22,25,27,32-35,39,43-44H,7,14,21,23-24H2,1-6H3,(H,40,46)(H,41,45). The largest absolute Gasteiger partial charge is 0.391 e. The average Bonchev–Trinajstić information content (AvgIpc) is 3.06. The molecular formula is C38H52N4O5. The molecule has 0 aliphatic rings. The second-order valence-electron chi connectivity index (χ2n) is 12.8. The molecule has 0 aliphatic carbocycles. The summed E-state index contributed by atoms with van der Waals surface area (Å²) in [4.78, 5) is 41.9. The van der Waals surface area contributed by atoms with E-state index in [4.69, 9.17) is 0 Å². The molecule has 9 nitrogen and oxygen atoms in total. The number of hydrogen-bond donors (Lipinski definition) is 5. The lowest BCUT2D eigenvalue weighted by Gasteiger charge is -2.29. The zero-order chi connectivity index (χ0) is 34.5. The zero-order valence-electron chi connectivity index (χ0n) is 28.6. The van der Waals surface area contributed by atoms with E-state index in [9.17, 15) is 24.6 Å². The molecule has 0 aliphatic heterocycles. The Labute approximate surface area is 279 Å². The summed E-state index contributed by atoms with van der Waals surface area (Å²) in [5, 5.41) is 31.1. The molecule has 5 atom stereocenters. The Hall–Kier alpha value is -4.05. The van der Waals surface area contributed by atoms with Crippen molar-refractivity contribution in [2.75, 3.05) is 20.1 Å². The van der Waals surface area contributed by atoms with Crippen molar-refractivity contribution in [3.8, 4) is 0 Å². The predicted molar refractivity (Wildman–Crippen MR) is 186 cm³/mol. The Balaban J connectivity index is 1.81. The van der Waals surface area contributed by atoms with E-state index in [1.807, 2.05) is 95.3 Å². The van der Waals surface area contributed by atoms with Gasteiger partial charge in [0.15, 0.2) is 0 Å². The smallest absolute Gasteiger partial charge is 0.254 e. The number of nitrogens with one attached hydrogen (secondary N) is 3. The van der Waals surface area contributed by atoms with Crippen molar-refractivity contribution in [1.29, 1.82) is 0 Å². The number of rotatable bonds is 17. The summed E-state index contributed by atoms with van der Waals surface area (Å²) < 4.78 is 0. The first-order valence-electron chi connectivity index (χ1n) is 16.6. The van der Waals surface area contributed by atoms with Crippen molar-refractivity contribution in [2.45, 2.75) is 84.2 Å². The second-order valence-corrected chi connectivity index (χ2v) is 12.8. The first-order valence-corrected chi connectivity index (χ1v) is 16.6. The van der Waals surface area contributed by atoms with Crippen LogP contribution in [0, 0.1) is 12.8 Å². The third-order valence-corrected chi connectivity index (χ3v) is 8.33. The van der Waals surface area contributed by atoms with Gasteiger partial charge in [0.05, 0.1) is 24.3 Å². The van der Waals surface area contributed by atoms with Crippen LogP contribution in [-0.2, 0) is 11.2 Å². The highest BCUT2D eigenvalue weighted by Gasteiger charge is 2.29. The number of amides is 3. The number of aliphatic hydroxyl groups is 2. The Morgan fingerprint density at radius 2 is 1.45 bits per heavy atom. The van der Waals surface area contributed by atoms with Gasteiger partial charge in [-0.3, -0.25) is 14.4 Å². The molecule has 0 saturated heterocycles. The Bertz CT molecular complexity index is 1430. The molecule has 0 radical (unpaired) electrons. The van der Waals surface area contributed by atoms with Crippen LogP contribution in [0.25, 0.3) is 0 Å². The first kappa shape index (κ1) is 37.4. The molecule has 0 heterocycles. The minimum Gasteiger partial charge on any atom is -0.391 e. The van der Waals surface area contributed by atoms with Gasteiger partial charge >= 0.3 is 0 Å². The highest BCUT2D eigenvalue weighted by molar-refractivity contribution is 6.00. The van der Waals surface area contributed by atoms with Gasteiger partial charge in [0, 0.05) is 31.3 Å². The Morgan fingerprint density at radius 1 is 0.830 bits per heavy atom. The molecule has 254 valence electrons. The Kier molecular flexibility index (Phi) is 14.6. The van der Waals surface area contributed by atoms with Crippen LogP contribution < -0.4 is 16.0 Å². The maximum absolute atomic E-state index is 13.7. The van der Waals surface area contributed by atoms with Gasteiger partial charge in [-0.2, -0.15) is 0 Å².